The Balaban J connectivity index is 2.52. The van der Waals surface area contributed by atoms with Crippen LogP contribution in [-0.2, 0) is 6.42 Å². The van der Waals surface area contributed by atoms with Gasteiger partial charge in [-0.25, -0.2) is 0 Å². The lowest BCUT2D eigenvalue weighted by Crippen LogP contribution is -2.02. The smallest absolute Gasteiger partial charge is 0.0507 e. The second-order valence-corrected chi connectivity index (χ2v) is 2.95. The van der Waals surface area contributed by atoms with Crippen LogP contribution in [0.3, 0.4) is 0 Å². The molecule has 0 N–H and O–H groups in total. The van der Waals surface area contributed by atoms with E-state index in [4.69, 9.17) is 0 Å². The molecule has 12 heavy (non-hydrogen) atoms. The first-order valence-electron chi connectivity index (χ1n) is 4.34. The normalized spacial score (nSPS) is 13.5. The van der Waals surface area contributed by atoms with Gasteiger partial charge in [-0.05, 0) is 32.0 Å². The van der Waals surface area contributed by atoms with E-state index in [1.807, 2.05) is 19.2 Å². The summed E-state index contributed by atoms with van der Waals surface area (Å²) in [7, 11) is 0. The van der Waals surface area contributed by atoms with Crippen molar-refractivity contribution in [2.24, 2.45) is 4.99 Å². The van der Waals surface area contributed by atoms with Crippen molar-refractivity contribution in [2.45, 2.75) is 26.3 Å². The second kappa shape index (κ2) is 4.70. The van der Waals surface area contributed by atoms with Crippen molar-refractivity contribution in [1.82, 2.24) is 0 Å². The molecule has 0 aliphatic carbocycles. The molecule has 0 aliphatic rings. The maximum atomic E-state index is 4.29. The fourth-order valence-electron chi connectivity index (χ4n) is 1.26. The second-order valence-electron chi connectivity index (χ2n) is 2.95. The highest BCUT2D eigenvalue weighted by atomic mass is 14.7. The van der Waals surface area contributed by atoms with Gasteiger partial charge < -0.3 is 0 Å². The average Bonchev–Trinajstić information content (AvgIpc) is 2.06. The molecule has 1 aromatic carbocycles. The van der Waals surface area contributed by atoms with Gasteiger partial charge in [0.1, 0.15) is 0 Å². The van der Waals surface area contributed by atoms with Gasteiger partial charge in [0.25, 0.3) is 0 Å². The van der Waals surface area contributed by atoms with E-state index in [0.29, 0.717) is 6.04 Å². The molecule has 0 aromatic heterocycles. The van der Waals surface area contributed by atoms with Gasteiger partial charge in [-0.2, -0.15) is 0 Å². The van der Waals surface area contributed by atoms with Crippen LogP contribution in [-0.4, -0.2) is 12.3 Å². The van der Waals surface area contributed by atoms with Crippen LogP contribution in [0.15, 0.2) is 35.3 Å². The number of benzene rings is 1. The Morgan fingerprint density at radius 2 is 2.00 bits per heavy atom. The maximum absolute atomic E-state index is 4.29. The van der Waals surface area contributed by atoms with Gasteiger partial charge in [-0.15, -0.1) is 0 Å². The monoisotopic (exact) mass is 161 g/mol. The molecule has 1 unspecified atom stereocenters. The molecule has 0 spiro atoms. The molecule has 1 rings (SSSR count). The largest absolute Gasteiger partial charge is 0.294 e. The van der Waals surface area contributed by atoms with Crippen LogP contribution in [0.2, 0.25) is 0 Å². The highest BCUT2D eigenvalue weighted by molar-refractivity contribution is 5.53. The van der Waals surface area contributed by atoms with Crippen LogP contribution in [0, 0.1) is 0 Å². The summed E-state index contributed by atoms with van der Waals surface area (Å²) in [6.07, 6.45) is 2.90. The van der Waals surface area contributed by atoms with E-state index >= 15 is 0 Å². The molecule has 0 bridgehead atoms. The molecule has 0 aliphatic heterocycles. The topological polar surface area (TPSA) is 12.4 Å². The SMILES string of the molecule is CC=NC(C)Cc1ccccc1. The third-order valence-corrected chi connectivity index (χ3v) is 1.78. The first kappa shape index (κ1) is 8.98. The zero-order chi connectivity index (χ0) is 8.81. The van der Waals surface area contributed by atoms with E-state index in [1.54, 1.807) is 0 Å². The van der Waals surface area contributed by atoms with Gasteiger partial charge in [-0.3, -0.25) is 4.99 Å². The molecule has 64 valence electrons. The van der Waals surface area contributed by atoms with Gasteiger partial charge in [0.2, 0.25) is 0 Å². The summed E-state index contributed by atoms with van der Waals surface area (Å²) in [5.74, 6) is 0. The fourth-order valence-corrected chi connectivity index (χ4v) is 1.26. The number of rotatable bonds is 3. The molecule has 1 atom stereocenters. The lowest BCUT2D eigenvalue weighted by atomic mass is 10.1. The molecular weight excluding hydrogens is 146 g/mol. The van der Waals surface area contributed by atoms with E-state index in [-0.39, 0.29) is 0 Å². The van der Waals surface area contributed by atoms with Crippen molar-refractivity contribution in [1.29, 1.82) is 0 Å². The van der Waals surface area contributed by atoms with Crippen molar-refractivity contribution in [2.75, 3.05) is 0 Å². The van der Waals surface area contributed by atoms with Crippen molar-refractivity contribution in [3.63, 3.8) is 0 Å². The molecule has 0 heterocycles. The highest BCUT2D eigenvalue weighted by Gasteiger charge is 1.98. The Bertz CT molecular complexity index is 238. The van der Waals surface area contributed by atoms with Crippen molar-refractivity contribution >= 4 is 6.21 Å². The predicted molar refractivity (Wildman–Crippen MR) is 53.8 cm³/mol. The summed E-state index contributed by atoms with van der Waals surface area (Å²) in [5, 5.41) is 0. The number of nitrogens with zero attached hydrogens (tertiary/aromatic N) is 1. The van der Waals surface area contributed by atoms with Crippen LogP contribution >= 0.6 is 0 Å². The van der Waals surface area contributed by atoms with Gasteiger partial charge in [0, 0.05) is 0 Å². The Kier molecular flexibility index (Phi) is 3.52. The Morgan fingerprint density at radius 3 is 2.58 bits per heavy atom. The summed E-state index contributed by atoms with van der Waals surface area (Å²) in [6, 6.07) is 10.9. The number of hydrogen-bond acceptors (Lipinski definition) is 1. The van der Waals surface area contributed by atoms with Crippen LogP contribution in [0.5, 0.6) is 0 Å². The molecule has 0 radical (unpaired) electrons. The molecule has 0 saturated heterocycles. The van der Waals surface area contributed by atoms with Crippen LogP contribution in [0.1, 0.15) is 19.4 Å². The fraction of sp³-hybridized carbons (Fsp3) is 0.364. The van der Waals surface area contributed by atoms with E-state index in [2.05, 4.69) is 36.2 Å². The first-order chi connectivity index (χ1) is 5.83. The highest BCUT2D eigenvalue weighted by Crippen LogP contribution is 2.04. The van der Waals surface area contributed by atoms with Crippen LogP contribution in [0.25, 0.3) is 0 Å². The van der Waals surface area contributed by atoms with Gasteiger partial charge in [0.15, 0.2) is 0 Å². The van der Waals surface area contributed by atoms with Gasteiger partial charge in [0.05, 0.1) is 6.04 Å². The number of aliphatic imine (C=N–C) groups is 1. The molecule has 1 aromatic rings. The quantitative estimate of drug-likeness (QED) is 0.604. The van der Waals surface area contributed by atoms with E-state index < -0.39 is 0 Å². The summed E-state index contributed by atoms with van der Waals surface area (Å²) < 4.78 is 0. The minimum Gasteiger partial charge on any atom is -0.294 e. The zero-order valence-electron chi connectivity index (χ0n) is 7.70. The van der Waals surface area contributed by atoms with E-state index in [1.165, 1.54) is 5.56 Å². The lowest BCUT2D eigenvalue weighted by molar-refractivity contribution is 0.743. The zero-order valence-corrected chi connectivity index (χ0v) is 7.70. The van der Waals surface area contributed by atoms with Gasteiger partial charge in [-0.1, -0.05) is 30.3 Å². The lowest BCUT2D eigenvalue weighted by Gasteiger charge is -2.04. The third-order valence-electron chi connectivity index (χ3n) is 1.78. The summed E-state index contributed by atoms with van der Waals surface area (Å²) in [5.41, 5.74) is 1.36. The van der Waals surface area contributed by atoms with E-state index in [9.17, 15) is 0 Å². The van der Waals surface area contributed by atoms with Crippen LogP contribution in [0.4, 0.5) is 0 Å². The molecular formula is C11H15N. The maximum Gasteiger partial charge on any atom is 0.0507 e. The standard InChI is InChI=1S/C11H15N/c1-3-12-10(2)9-11-7-5-4-6-8-11/h3-8,10H,9H2,1-2H3. The summed E-state index contributed by atoms with van der Waals surface area (Å²) in [6.45, 7) is 4.09. The van der Waals surface area contributed by atoms with Crippen molar-refractivity contribution in [3.8, 4) is 0 Å². The molecule has 1 nitrogen and oxygen atoms in total. The first-order valence-corrected chi connectivity index (χ1v) is 4.34. The summed E-state index contributed by atoms with van der Waals surface area (Å²) in [4.78, 5) is 4.29. The number of hydrogen-bond donors (Lipinski definition) is 0. The molecule has 0 fully saturated rings. The predicted octanol–water partition coefficient (Wildman–Crippen LogP) is 2.71. The van der Waals surface area contributed by atoms with E-state index in [0.717, 1.165) is 6.42 Å². The van der Waals surface area contributed by atoms with Crippen molar-refractivity contribution in [3.05, 3.63) is 35.9 Å². The average molecular weight is 161 g/mol. The van der Waals surface area contributed by atoms with Crippen molar-refractivity contribution < 1.29 is 0 Å². The Hall–Kier alpha value is -1.11. The molecule has 0 saturated carbocycles. The molecule has 1 heteroatoms. The Morgan fingerprint density at radius 1 is 1.33 bits per heavy atom. The third kappa shape index (κ3) is 2.87. The minimum absolute atomic E-state index is 0.400. The van der Waals surface area contributed by atoms with Gasteiger partial charge >= 0.3 is 0 Å². The van der Waals surface area contributed by atoms with Crippen LogP contribution < -0.4 is 0 Å². The summed E-state index contributed by atoms with van der Waals surface area (Å²) >= 11 is 0. The molecule has 0 amide bonds. The Labute approximate surface area is 74.2 Å². The minimum atomic E-state index is 0.400.